The molecule has 2 aromatic carbocycles. The lowest BCUT2D eigenvalue weighted by Gasteiger charge is -2.36. The lowest BCUT2D eigenvalue weighted by Crippen LogP contribution is -2.08. The summed E-state index contributed by atoms with van der Waals surface area (Å²) in [6.45, 7) is 20.9. The molecule has 0 N–H and O–H groups in total. The van der Waals surface area contributed by atoms with Crippen molar-refractivity contribution < 1.29 is 4.74 Å². The smallest absolute Gasteiger partial charge is 0.116 e. The minimum atomic E-state index is -0.425. The van der Waals surface area contributed by atoms with Crippen molar-refractivity contribution in [1.29, 1.82) is 0 Å². The minimum Gasteiger partial charge on any atom is -0.365 e. The first-order valence-electron chi connectivity index (χ1n) is 10.4. The van der Waals surface area contributed by atoms with Crippen molar-refractivity contribution in [3.05, 3.63) is 57.6 Å². The Hall–Kier alpha value is -1.26. The summed E-state index contributed by atoms with van der Waals surface area (Å²) >= 11 is 0. The van der Waals surface area contributed by atoms with Crippen LogP contribution in [0.25, 0.3) is 21.2 Å². The molecule has 0 aliphatic rings. The number of hydrogen-bond acceptors (Lipinski definition) is 1. The zero-order valence-corrected chi connectivity index (χ0v) is 21.6. The van der Waals surface area contributed by atoms with Crippen LogP contribution in [0.2, 0.25) is 0 Å². The van der Waals surface area contributed by atoms with Crippen LogP contribution in [-0.4, -0.2) is 7.11 Å². The van der Waals surface area contributed by atoms with Gasteiger partial charge in [0, 0.05) is 12.3 Å². The highest BCUT2D eigenvalue weighted by molar-refractivity contribution is 7.85. The van der Waals surface area contributed by atoms with Crippen molar-refractivity contribution >= 4 is 15.1 Å². The number of ether oxygens (including phenoxy) is 1. The maximum absolute atomic E-state index is 5.81. The fourth-order valence-corrected chi connectivity index (χ4v) is 14.0. The molecule has 0 saturated carbocycles. The summed E-state index contributed by atoms with van der Waals surface area (Å²) in [5, 5.41) is 3.64. The molecule has 0 aliphatic heterocycles. The summed E-state index contributed by atoms with van der Waals surface area (Å²) in [6, 6.07) is 9.41. The lowest BCUT2D eigenvalue weighted by atomic mass is 10.0. The second-order valence-electron chi connectivity index (χ2n) is 9.55. The van der Waals surface area contributed by atoms with E-state index in [4.69, 9.17) is 4.74 Å². The van der Waals surface area contributed by atoms with Gasteiger partial charge in [0.2, 0.25) is 0 Å². The van der Waals surface area contributed by atoms with Gasteiger partial charge in [-0.15, -0.1) is 11.1 Å². The lowest BCUT2D eigenvalue weighted by molar-refractivity contribution is 0.217. The Kier molecular flexibility index (Phi) is 6.27. The molecule has 0 aliphatic carbocycles. The van der Waals surface area contributed by atoms with Gasteiger partial charge in [-0.3, -0.25) is 0 Å². The molecule has 3 rings (SSSR count). The molecule has 29 heavy (non-hydrogen) atoms. The number of aryl methyl sites for hydroxylation is 6. The molecule has 0 atom stereocenters. The SMILES string of the molecule is COC[p+]1c(-c2c(C)cc(C)cc2C)p(C(C)(C)C)[c-]1-c1c(C)cc(C)cc1C. The second-order valence-corrected chi connectivity index (χ2v) is 15.2. The largest absolute Gasteiger partial charge is 0.365 e. The second kappa shape index (κ2) is 8.11. The summed E-state index contributed by atoms with van der Waals surface area (Å²) in [4.78, 5) is 0. The van der Waals surface area contributed by atoms with E-state index < -0.39 is 7.53 Å². The Morgan fingerprint density at radius 1 is 0.828 bits per heavy atom. The molecule has 0 spiro atoms. The van der Waals surface area contributed by atoms with Crippen LogP contribution >= 0.6 is 15.1 Å². The molecule has 3 aromatic rings. The van der Waals surface area contributed by atoms with Gasteiger partial charge in [0.25, 0.3) is 0 Å². The highest BCUT2D eigenvalue weighted by atomic mass is 31.2. The van der Waals surface area contributed by atoms with Crippen LogP contribution in [0.5, 0.6) is 0 Å². The number of methoxy groups -OCH3 is 1. The molecule has 1 heterocycles. The molecule has 3 heteroatoms. The standard InChI is InChI=1S/C26H36OP2/c1-16-11-18(3)22(19(4)12-16)24-28(15-27-10)25(29(24)26(7,8)9)23-20(5)13-17(2)14-21(23)6/h11-14H,15H2,1-10H3. The summed E-state index contributed by atoms with van der Waals surface area (Å²) in [5.41, 5.74) is 11.5. The van der Waals surface area contributed by atoms with Crippen molar-refractivity contribution in [2.75, 3.05) is 7.11 Å². The van der Waals surface area contributed by atoms with E-state index in [1.807, 2.05) is 7.11 Å². The van der Waals surface area contributed by atoms with E-state index in [0.29, 0.717) is 0 Å². The Morgan fingerprint density at radius 2 is 1.28 bits per heavy atom. The van der Waals surface area contributed by atoms with Crippen molar-refractivity contribution in [2.24, 2.45) is 0 Å². The van der Waals surface area contributed by atoms with Crippen LogP contribution in [0.4, 0.5) is 0 Å². The number of rotatable bonds is 4. The molecule has 1 nitrogen and oxygen atoms in total. The summed E-state index contributed by atoms with van der Waals surface area (Å²) < 4.78 is 5.81. The number of hydrogen-bond donors (Lipinski definition) is 0. The first kappa shape index (κ1) is 22.4. The minimum absolute atomic E-state index is 0.236. The molecular formula is C26H36OP2. The quantitative estimate of drug-likeness (QED) is 0.378. The topological polar surface area (TPSA) is 9.23 Å². The Labute approximate surface area is 179 Å². The summed E-state index contributed by atoms with van der Waals surface area (Å²) in [6.07, 6.45) is 0.828. The zero-order chi connectivity index (χ0) is 21.7. The first-order chi connectivity index (χ1) is 13.5. The first-order valence-corrected chi connectivity index (χ1v) is 13.3. The van der Waals surface area contributed by atoms with E-state index in [9.17, 15) is 0 Å². The predicted molar refractivity (Wildman–Crippen MR) is 133 cm³/mol. The maximum atomic E-state index is 5.81. The van der Waals surface area contributed by atoms with Gasteiger partial charge in [-0.2, -0.15) is 0 Å². The van der Waals surface area contributed by atoms with E-state index in [1.165, 1.54) is 44.5 Å². The average Bonchev–Trinajstić information content (AvgIpc) is 2.54. The van der Waals surface area contributed by atoms with Crippen LogP contribution in [0, 0.1) is 41.5 Å². The molecule has 0 saturated heterocycles. The van der Waals surface area contributed by atoms with Gasteiger partial charge in [0.15, 0.2) is 0 Å². The molecule has 0 radical (unpaired) electrons. The molecule has 0 amide bonds. The van der Waals surface area contributed by atoms with Gasteiger partial charge in [0.1, 0.15) is 6.35 Å². The summed E-state index contributed by atoms with van der Waals surface area (Å²) in [7, 11) is 1.06. The third kappa shape index (κ3) is 4.03. The van der Waals surface area contributed by atoms with Crippen molar-refractivity contribution in [3.63, 3.8) is 0 Å². The Bertz CT molecular complexity index is 938. The highest BCUT2D eigenvalue weighted by Crippen LogP contribution is 2.77. The van der Waals surface area contributed by atoms with E-state index in [-0.39, 0.29) is 12.7 Å². The van der Waals surface area contributed by atoms with Gasteiger partial charge in [-0.05, 0) is 72.7 Å². The monoisotopic (exact) mass is 426 g/mol. The molecule has 0 fully saturated rings. The van der Waals surface area contributed by atoms with Crippen LogP contribution in [0.3, 0.4) is 0 Å². The number of benzene rings is 2. The van der Waals surface area contributed by atoms with Gasteiger partial charge in [0.05, 0.1) is 10.1 Å². The van der Waals surface area contributed by atoms with E-state index in [1.54, 1.807) is 10.1 Å². The zero-order valence-electron chi connectivity index (χ0n) is 19.8. The van der Waals surface area contributed by atoms with Gasteiger partial charge >= 0.3 is 0 Å². The van der Waals surface area contributed by atoms with Gasteiger partial charge in [-0.25, -0.2) is 0 Å². The highest BCUT2D eigenvalue weighted by Gasteiger charge is 2.36. The molecule has 0 bridgehead atoms. The van der Waals surface area contributed by atoms with E-state index in [0.717, 1.165) is 6.35 Å². The van der Waals surface area contributed by atoms with Crippen molar-refractivity contribution in [2.45, 2.75) is 73.8 Å². The third-order valence-corrected chi connectivity index (χ3v) is 12.9. The normalized spacial score (nSPS) is 13.3. The Morgan fingerprint density at radius 3 is 1.69 bits per heavy atom. The molecule has 156 valence electrons. The molecule has 0 unspecified atom stereocenters. The van der Waals surface area contributed by atoms with Gasteiger partial charge in [-0.1, -0.05) is 62.3 Å². The van der Waals surface area contributed by atoms with E-state index in [2.05, 4.69) is 86.6 Å². The van der Waals surface area contributed by atoms with Crippen LogP contribution in [0.15, 0.2) is 24.3 Å². The third-order valence-electron chi connectivity index (χ3n) is 5.67. The molecule has 1 aromatic heterocycles. The fraction of sp³-hybridized carbons (Fsp3) is 0.462. The van der Waals surface area contributed by atoms with Gasteiger partial charge < -0.3 is 4.74 Å². The molecular weight excluding hydrogens is 390 g/mol. The van der Waals surface area contributed by atoms with Crippen LogP contribution in [0.1, 0.15) is 54.2 Å². The maximum Gasteiger partial charge on any atom is 0.116 e. The fourth-order valence-electron chi connectivity index (χ4n) is 4.84. The van der Waals surface area contributed by atoms with Crippen LogP contribution < -0.4 is 0 Å². The predicted octanol–water partition coefficient (Wildman–Crippen LogP) is 9.20. The Balaban J connectivity index is 2.41. The van der Waals surface area contributed by atoms with E-state index >= 15 is 0 Å². The summed E-state index contributed by atoms with van der Waals surface area (Å²) in [5.74, 6) is 0. The van der Waals surface area contributed by atoms with Crippen LogP contribution in [-0.2, 0) is 16.2 Å². The van der Waals surface area contributed by atoms with Crippen molar-refractivity contribution in [1.82, 2.24) is 0 Å². The average molecular weight is 427 g/mol. The van der Waals surface area contributed by atoms with Crippen molar-refractivity contribution in [3.8, 4) is 21.2 Å².